The number of hydrogen-bond donors (Lipinski definition) is 2. The second-order valence-corrected chi connectivity index (χ2v) is 4.08. The molecule has 0 aromatic carbocycles. The summed E-state index contributed by atoms with van der Waals surface area (Å²) >= 11 is 0. The summed E-state index contributed by atoms with van der Waals surface area (Å²) in [5.74, 6) is 0.481. The van der Waals surface area contributed by atoms with E-state index in [1.165, 1.54) is 6.33 Å². The number of H-pyrrole nitrogens is 1. The van der Waals surface area contributed by atoms with E-state index >= 15 is 0 Å². The Morgan fingerprint density at radius 3 is 3.00 bits per heavy atom. The molecular weight excluding hydrogens is 232 g/mol. The Balaban J connectivity index is 2.12. The zero-order valence-electron chi connectivity index (χ0n) is 10.6. The molecule has 1 unspecified atom stereocenters. The Morgan fingerprint density at radius 1 is 1.61 bits per heavy atom. The van der Waals surface area contributed by atoms with Crippen molar-refractivity contribution in [1.29, 1.82) is 0 Å². The lowest BCUT2D eigenvalue weighted by atomic mass is 10.2. The first-order valence-corrected chi connectivity index (χ1v) is 5.80. The number of carbonyl (C=O) groups excluding carboxylic acids is 1. The molecule has 7 heteroatoms. The molecule has 2 aromatic rings. The van der Waals surface area contributed by atoms with Gasteiger partial charge in [0.2, 0.25) is 0 Å². The number of aryl methyl sites for hydroxylation is 2. The van der Waals surface area contributed by atoms with Crippen LogP contribution in [-0.2, 0) is 13.5 Å². The predicted molar refractivity (Wildman–Crippen MR) is 64.8 cm³/mol. The van der Waals surface area contributed by atoms with Gasteiger partial charge in [0.15, 0.2) is 0 Å². The SMILES string of the molecule is CCc1nn(C)cc1C(=O)NC(C)c1ncn[nH]1. The van der Waals surface area contributed by atoms with Gasteiger partial charge < -0.3 is 5.32 Å². The highest BCUT2D eigenvalue weighted by Crippen LogP contribution is 2.10. The van der Waals surface area contributed by atoms with Gasteiger partial charge in [-0.25, -0.2) is 4.98 Å². The first-order valence-electron chi connectivity index (χ1n) is 5.80. The summed E-state index contributed by atoms with van der Waals surface area (Å²) < 4.78 is 1.65. The van der Waals surface area contributed by atoms with Crippen LogP contribution in [0.1, 0.15) is 41.8 Å². The van der Waals surface area contributed by atoms with Crippen molar-refractivity contribution in [1.82, 2.24) is 30.3 Å². The first-order chi connectivity index (χ1) is 8.61. The van der Waals surface area contributed by atoms with Crippen molar-refractivity contribution >= 4 is 5.91 Å². The lowest BCUT2D eigenvalue weighted by molar-refractivity contribution is 0.0937. The van der Waals surface area contributed by atoms with E-state index in [-0.39, 0.29) is 11.9 Å². The van der Waals surface area contributed by atoms with Crippen molar-refractivity contribution < 1.29 is 4.79 Å². The minimum atomic E-state index is -0.218. The molecule has 0 radical (unpaired) electrons. The molecule has 18 heavy (non-hydrogen) atoms. The van der Waals surface area contributed by atoms with E-state index in [0.717, 1.165) is 12.1 Å². The van der Waals surface area contributed by atoms with Crippen LogP contribution in [0.3, 0.4) is 0 Å². The molecule has 7 nitrogen and oxygen atoms in total. The fourth-order valence-electron chi connectivity index (χ4n) is 1.75. The summed E-state index contributed by atoms with van der Waals surface area (Å²) in [6, 6.07) is -0.218. The van der Waals surface area contributed by atoms with Crippen molar-refractivity contribution in [3.8, 4) is 0 Å². The monoisotopic (exact) mass is 248 g/mol. The maximum Gasteiger partial charge on any atom is 0.255 e. The van der Waals surface area contributed by atoms with Gasteiger partial charge in [-0.3, -0.25) is 14.6 Å². The van der Waals surface area contributed by atoms with Gasteiger partial charge in [-0.1, -0.05) is 6.92 Å². The molecule has 96 valence electrons. The van der Waals surface area contributed by atoms with Crippen LogP contribution in [0.5, 0.6) is 0 Å². The fraction of sp³-hybridized carbons (Fsp3) is 0.455. The second kappa shape index (κ2) is 4.99. The molecule has 0 fully saturated rings. The lowest BCUT2D eigenvalue weighted by Gasteiger charge is -2.10. The van der Waals surface area contributed by atoms with Crippen LogP contribution >= 0.6 is 0 Å². The molecule has 0 saturated carbocycles. The Hall–Kier alpha value is -2.18. The molecule has 2 aromatic heterocycles. The molecule has 0 aliphatic carbocycles. The normalized spacial score (nSPS) is 12.4. The van der Waals surface area contributed by atoms with Crippen LogP contribution in [0, 0.1) is 0 Å². The van der Waals surface area contributed by atoms with Gasteiger partial charge in [-0.15, -0.1) is 0 Å². The van der Waals surface area contributed by atoms with E-state index in [4.69, 9.17) is 0 Å². The van der Waals surface area contributed by atoms with Crippen molar-refractivity contribution in [3.05, 3.63) is 29.6 Å². The van der Waals surface area contributed by atoms with Crippen LogP contribution in [0.4, 0.5) is 0 Å². The minimum absolute atomic E-state index is 0.149. The molecule has 0 aliphatic heterocycles. The number of nitrogens with zero attached hydrogens (tertiary/aromatic N) is 4. The van der Waals surface area contributed by atoms with Crippen LogP contribution in [0.15, 0.2) is 12.5 Å². The van der Waals surface area contributed by atoms with E-state index in [1.807, 2.05) is 13.8 Å². The minimum Gasteiger partial charge on any atom is -0.342 e. The maximum atomic E-state index is 12.1. The highest BCUT2D eigenvalue weighted by Gasteiger charge is 2.18. The topological polar surface area (TPSA) is 88.5 Å². The third-order valence-corrected chi connectivity index (χ3v) is 2.68. The van der Waals surface area contributed by atoms with Crippen LogP contribution < -0.4 is 5.32 Å². The predicted octanol–water partition coefficient (Wildman–Crippen LogP) is 0.592. The Labute approximate surface area is 105 Å². The van der Waals surface area contributed by atoms with Gasteiger partial charge in [-0.2, -0.15) is 10.2 Å². The summed E-state index contributed by atoms with van der Waals surface area (Å²) in [7, 11) is 1.80. The zero-order chi connectivity index (χ0) is 13.1. The third-order valence-electron chi connectivity index (χ3n) is 2.68. The highest BCUT2D eigenvalue weighted by molar-refractivity contribution is 5.95. The second-order valence-electron chi connectivity index (χ2n) is 4.08. The summed E-state index contributed by atoms with van der Waals surface area (Å²) in [6.45, 7) is 3.82. The van der Waals surface area contributed by atoms with E-state index in [9.17, 15) is 4.79 Å². The molecule has 0 spiro atoms. The molecule has 0 aliphatic rings. The number of amides is 1. The molecular formula is C11H16N6O. The highest BCUT2D eigenvalue weighted by atomic mass is 16.1. The Morgan fingerprint density at radius 2 is 2.39 bits per heavy atom. The van der Waals surface area contributed by atoms with Crippen LogP contribution in [-0.4, -0.2) is 30.9 Å². The van der Waals surface area contributed by atoms with E-state index < -0.39 is 0 Å². The largest absolute Gasteiger partial charge is 0.342 e. The van der Waals surface area contributed by atoms with Crippen molar-refractivity contribution in [2.45, 2.75) is 26.3 Å². The number of hydrogen-bond acceptors (Lipinski definition) is 4. The molecule has 1 atom stereocenters. The zero-order valence-corrected chi connectivity index (χ0v) is 10.6. The van der Waals surface area contributed by atoms with Gasteiger partial charge in [-0.05, 0) is 13.3 Å². The number of aromatic nitrogens is 5. The van der Waals surface area contributed by atoms with E-state index in [2.05, 4.69) is 25.6 Å². The van der Waals surface area contributed by atoms with Crippen LogP contribution in [0.25, 0.3) is 0 Å². The summed E-state index contributed by atoms with van der Waals surface area (Å²) in [5.41, 5.74) is 1.39. The smallest absolute Gasteiger partial charge is 0.255 e. The van der Waals surface area contributed by atoms with E-state index in [0.29, 0.717) is 11.4 Å². The van der Waals surface area contributed by atoms with E-state index in [1.54, 1.807) is 17.9 Å². The van der Waals surface area contributed by atoms with Crippen molar-refractivity contribution in [3.63, 3.8) is 0 Å². The molecule has 0 saturated heterocycles. The first kappa shape index (κ1) is 12.3. The lowest BCUT2D eigenvalue weighted by Crippen LogP contribution is -2.27. The van der Waals surface area contributed by atoms with Gasteiger partial charge in [0, 0.05) is 13.2 Å². The van der Waals surface area contributed by atoms with Gasteiger partial charge in [0.05, 0.1) is 17.3 Å². The molecule has 2 N–H and O–H groups in total. The third kappa shape index (κ3) is 2.39. The van der Waals surface area contributed by atoms with Crippen molar-refractivity contribution in [2.24, 2.45) is 7.05 Å². The number of rotatable bonds is 4. The summed E-state index contributed by atoms with van der Waals surface area (Å²) in [6.07, 6.45) is 3.86. The quantitative estimate of drug-likeness (QED) is 0.829. The standard InChI is InChI=1S/C11H16N6O/c1-4-9-8(5-17(3)16-9)11(18)14-7(2)10-12-6-13-15-10/h5-7H,4H2,1-3H3,(H,14,18)(H,12,13,15). The number of nitrogens with one attached hydrogen (secondary N) is 2. The molecule has 2 rings (SSSR count). The average Bonchev–Trinajstić information content (AvgIpc) is 2.96. The average molecular weight is 248 g/mol. The number of aromatic amines is 1. The Kier molecular flexibility index (Phi) is 3.40. The molecule has 1 amide bonds. The number of carbonyl (C=O) groups is 1. The Bertz CT molecular complexity index is 530. The maximum absolute atomic E-state index is 12.1. The van der Waals surface area contributed by atoms with Gasteiger partial charge in [0.1, 0.15) is 12.2 Å². The van der Waals surface area contributed by atoms with Crippen LogP contribution in [0.2, 0.25) is 0 Å². The molecule has 0 bridgehead atoms. The summed E-state index contributed by atoms with van der Waals surface area (Å²) in [5, 5.41) is 13.6. The molecule has 2 heterocycles. The summed E-state index contributed by atoms with van der Waals surface area (Å²) in [4.78, 5) is 16.1. The van der Waals surface area contributed by atoms with Gasteiger partial charge >= 0.3 is 0 Å². The fourth-order valence-corrected chi connectivity index (χ4v) is 1.75. The van der Waals surface area contributed by atoms with Gasteiger partial charge in [0.25, 0.3) is 5.91 Å². The van der Waals surface area contributed by atoms with Crippen molar-refractivity contribution in [2.75, 3.05) is 0 Å².